The number of H-pyrrole nitrogens is 2. The van der Waals surface area contributed by atoms with E-state index in [1.165, 1.54) is 6.20 Å². The van der Waals surface area contributed by atoms with Crippen molar-refractivity contribution in [1.29, 1.82) is 0 Å². The standard InChI is InChI=1S/C17H16F2N6O2/c18-17(19)7-16(8-17)1-3-24(9-16)12-5-11(23-25-4-2-20-13(12)25)10-6-21-15(27)22-14(10)26/h2,4-6H,1,3,7-9H2,(H2,21,22,26,27). The van der Waals surface area contributed by atoms with Crippen LogP contribution >= 0.6 is 0 Å². The molecule has 2 fully saturated rings. The lowest BCUT2D eigenvalue weighted by Gasteiger charge is -2.44. The second kappa shape index (κ2) is 5.24. The van der Waals surface area contributed by atoms with Crippen LogP contribution in [0, 0.1) is 5.41 Å². The molecule has 2 aliphatic rings. The monoisotopic (exact) mass is 374 g/mol. The molecule has 0 bridgehead atoms. The van der Waals surface area contributed by atoms with E-state index >= 15 is 0 Å². The molecule has 0 atom stereocenters. The fourth-order valence-electron chi connectivity index (χ4n) is 4.34. The fourth-order valence-corrected chi connectivity index (χ4v) is 4.34. The van der Waals surface area contributed by atoms with Crippen molar-refractivity contribution in [2.24, 2.45) is 5.41 Å². The molecule has 10 heteroatoms. The molecule has 0 amide bonds. The number of aromatic amines is 2. The van der Waals surface area contributed by atoms with Gasteiger partial charge in [-0.1, -0.05) is 0 Å². The fraction of sp³-hybridized carbons (Fsp3) is 0.412. The molecule has 1 saturated heterocycles. The summed E-state index contributed by atoms with van der Waals surface area (Å²) in [6, 6.07) is 1.72. The Bertz CT molecular complexity index is 1160. The second-order valence-electron chi connectivity index (χ2n) is 7.48. The molecule has 1 aliphatic heterocycles. The maximum atomic E-state index is 13.4. The highest BCUT2D eigenvalue weighted by atomic mass is 19.3. The molecule has 1 spiro atoms. The van der Waals surface area contributed by atoms with Crippen LogP contribution < -0.4 is 16.1 Å². The largest absolute Gasteiger partial charge is 0.368 e. The molecule has 140 valence electrons. The Balaban J connectivity index is 1.58. The third-order valence-electron chi connectivity index (χ3n) is 5.48. The molecule has 2 N–H and O–H groups in total. The predicted molar refractivity (Wildman–Crippen MR) is 93.1 cm³/mol. The van der Waals surface area contributed by atoms with Crippen LogP contribution in [-0.2, 0) is 0 Å². The number of nitrogens with zero attached hydrogens (tertiary/aromatic N) is 4. The van der Waals surface area contributed by atoms with Crippen molar-refractivity contribution in [3.63, 3.8) is 0 Å². The van der Waals surface area contributed by atoms with Crippen molar-refractivity contribution in [1.82, 2.24) is 24.6 Å². The summed E-state index contributed by atoms with van der Waals surface area (Å²) >= 11 is 0. The number of imidazole rings is 1. The first kappa shape index (κ1) is 16.2. The van der Waals surface area contributed by atoms with Gasteiger partial charge in [-0.15, -0.1) is 0 Å². The van der Waals surface area contributed by atoms with Crippen LogP contribution in [0.3, 0.4) is 0 Å². The smallest absolute Gasteiger partial charge is 0.325 e. The van der Waals surface area contributed by atoms with Gasteiger partial charge in [0.15, 0.2) is 5.65 Å². The molecule has 1 saturated carbocycles. The number of hydrogen-bond donors (Lipinski definition) is 2. The van der Waals surface area contributed by atoms with Gasteiger partial charge in [0.1, 0.15) is 5.69 Å². The van der Waals surface area contributed by atoms with Gasteiger partial charge in [0.2, 0.25) is 5.92 Å². The van der Waals surface area contributed by atoms with Crippen LogP contribution in [0.5, 0.6) is 0 Å². The molecular formula is C17H16F2N6O2. The number of nitrogens with one attached hydrogen (secondary N) is 2. The second-order valence-corrected chi connectivity index (χ2v) is 7.48. The van der Waals surface area contributed by atoms with Crippen molar-refractivity contribution >= 4 is 11.3 Å². The van der Waals surface area contributed by atoms with Gasteiger partial charge in [-0.25, -0.2) is 23.1 Å². The molecule has 1 aliphatic carbocycles. The topological polar surface area (TPSA) is 99.2 Å². The number of halogens is 2. The Morgan fingerprint density at radius 2 is 2.04 bits per heavy atom. The van der Waals surface area contributed by atoms with Gasteiger partial charge in [-0.05, 0) is 12.5 Å². The van der Waals surface area contributed by atoms with Gasteiger partial charge >= 0.3 is 5.69 Å². The van der Waals surface area contributed by atoms with Crippen LogP contribution in [0.4, 0.5) is 14.5 Å². The minimum absolute atomic E-state index is 0.0846. The van der Waals surface area contributed by atoms with Gasteiger partial charge in [0.25, 0.3) is 5.56 Å². The highest BCUT2D eigenvalue weighted by molar-refractivity contribution is 5.74. The molecule has 0 radical (unpaired) electrons. The van der Waals surface area contributed by atoms with E-state index < -0.39 is 17.2 Å². The summed E-state index contributed by atoms with van der Waals surface area (Å²) in [6.07, 6.45) is 5.10. The highest BCUT2D eigenvalue weighted by Crippen LogP contribution is 2.57. The number of aromatic nitrogens is 5. The van der Waals surface area contributed by atoms with E-state index in [1.54, 1.807) is 23.0 Å². The summed E-state index contributed by atoms with van der Waals surface area (Å²) in [7, 11) is 0. The molecule has 5 rings (SSSR count). The van der Waals surface area contributed by atoms with E-state index in [4.69, 9.17) is 0 Å². The number of anilines is 1. The van der Waals surface area contributed by atoms with Gasteiger partial charge in [-0.2, -0.15) is 5.10 Å². The molecule has 0 unspecified atom stereocenters. The first-order chi connectivity index (χ1) is 12.8. The van der Waals surface area contributed by atoms with Crippen molar-refractivity contribution in [3.05, 3.63) is 45.5 Å². The van der Waals surface area contributed by atoms with Crippen LogP contribution in [0.1, 0.15) is 19.3 Å². The minimum atomic E-state index is -2.56. The third kappa shape index (κ3) is 2.54. The number of alkyl halides is 2. The first-order valence-corrected chi connectivity index (χ1v) is 8.64. The maximum Gasteiger partial charge on any atom is 0.325 e. The van der Waals surface area contributed by atoms with Crippen LogP contribution in [0.25, 0.3) is 16.9 Å². The SMILES string of the molecule is O=c1[nH]cc(-c2cc(N3CCC4(C3)CC(F)(F)C4)c3nccn3n2)c(=O)[nH]1. The van der Waals surface area contributed by atoms with E-state index in [1.807, 2.05) is 4.90 Å². The normalized spacial score (nSPS) is 20.3. The van der Waals surface area contributed by atoms with E-state index in [0.717, 1.165) is 5.69 Å². The van der Waals surface area contributed by atoms with E-state index in [9.17, 15) is 18.4 Å². The Morgan fingerprint density at radius 1 is 1.22 bits per heavy atom. The van der Waals surface area contributed by atoms with Gasteiger partial charge < -0.3 is 9.88 Å². The average Bonchev–Trinajstić information content (AvgIpc) is 3.20. The molecule has 0 aromatic carbocycles. The summed E-state index contributed by atoms with van der Waals surface area (Å²) in [5.74, 6) is -2.56. The van der Waals surface area contributed by atoms with Crippen molar-refractivity contribution in [2.75, 3.05) is 18.0 Å². The maximum absolute atomic E-state index is 13.4. The molecule has 27 heavy (non-hydrogen) atoms. The van der Waals surface area contributed by atoms with Gasteiger partial charge in [-0.3, -0.25) is 9.78 Å². The summed E-state index contributed by atoms with van der Waals surface area (Å²) in [5.41, 5.74) is 0.425. The zero-order valence-electron chi connectivity index (χ0n) is 14.2. The van der Waals surface area contributed by atoms with Crippen molar-refractivity contribution < 1.29 is 8.78 Å². The first-order valence-electron chi connectivity index (χ1n) is 8.64. The predicted octanol–water partition coefficient (Wildman–Crippen LogP) is 1.40. The van der Waals surface area contributed by atoms with Crippen LogP contribution in [0.15, 0.2) is 34.2 Å². The average molecular weight is 374 g/mol. The third-order valence-corrected chi connectivity index (χ3v) is 5.48. The van der Waals surface area contributed by atoms with Gasteiger partial charge in [0, 0.05) is 49.9 Å². The van der Waals surface area contributed by atoms with Crippen molar-refractivity contribution in [3.8, 4) is 11.3 Å². The molecule has 8 nitrogen and oxygen atoms in total. The van der Waals surface area contributed by atoms with Crippen LogP contribution in [0.2, 0.25) is 0 Å². The number of fused-ring (bicyclic) bond motifs is 1. The Labute approximate surface area is 150 Å². The summed E-state index contributed by atoms with van der Waals surface area (Å²) < 4.78 is 28.4. The van der Waals surface area contributed by atoms with Gasteiger partial charge in [0.05, 0.1) is 11.3 Å². The molecule has 3 aromatic rings. The quantitative estimate of drug-likeness (QED) is 0.706. The number of hydrogen-bond acceptors (Lipinski definition) is 5. The van der Waals surface area contributed by atoms with Crippen LogP contribution in [-0.4, -0.2) is 43.6 Å². The lowest BCUT2D eigenvalue weighted by molar-refractivity contribution is -0.152. The van der Waals surface area contributed by atoms with Crippen molar-refractivity contribution in [2.45, 2.75) is 25.2 Å². The summed E-state index contributed by atoms with van der Waals surface area (Å²) in [6.45, 7) is 1.17. The van der Waals surface area contributed by atoms with E-state index in [2.05, 4.69) is 20.1 Å². The zero-order chi connectivity index (χ0) is 18.8. The highest BCUT2D eigenvalue weighted by Gasteiger charge is 2.58. The molecule has 4 heterocycles. The lowest BCUT2D eigenvalue weighted by atomic mass is 9.65. The van der Waals surface area contributed by atoms with E-state index in [0.29, 0.717) is 30.9 Å². The Hall–Kier alpha value is -3.04. The minimum Gasteiger partial charge on any atom is -0.368 e. The Kier molecular flexibility index (Phi) is 3.14. The summed E-state index contributed by atoms with van der Waals surface area (Å²) in [5, 5.41) is 4.39. The Morgan fingerprint density at radius 3 is 2.78 bits per heavy atom. The number of rotatable bonds is 2. The van der Waals surface area contributed by atoms with E-state index in [-0.39, 0.29) is 23.8 Å². The zero-order valence-corrected chi connectivity index (χ0v) is 14.2. The molecular weight excluding hydrogens is 358 g/mol. The summed E-state index contributed by atoms with van der Waals surface area (Å²) in [4.78, 5) is 34.4. The lowest BCUT2D eigenvalue weighted by Crippen LogP contribution is -2.47. The molecule has 3 aromatic heterocycles.